The lowest BCUT2D eigenvalue weighted by Crippen LogP contribution is -2.32. The molecule has 11 nitrogen and oxygen atoms in total. The summed E-state index contributed by atoms with van der Waals surface area (Å²) in [6, 6.07) is 12.3. The molecule has 1 aromatic heterocycles. The summed E-state index contributed by atoms with van der Waals surface area (Å²) < 4.78 is 13.0. The first-order valence-electron chi connectivity index (χ1n) is 10.6. The van der Waals surface area contributed by atoms with Gasteiger partial charge in [0.1, 0.15) is 11.5 Å². The van der Waals surface area contributed by atoms with E-state index in [-0.39, 0.29) is 12.2 Å². The van der Waals surface area contributed by atoms with Crippen LogP contribution in [0.2, 0.25) is 0 Å². The lowest BCUT2D eigenvalue weighted by Gasteiger charge is -2.18. The Hall–Kier alpha value is -4.72. The molecule has 0 aliphatic carbocycles. The van der Waals surface area contributed by atoms with Gasteiger partial charge in [0, 0.05) is 31.4 Å². The van der Waals surface area contributed by atoms with Crippen molar-refractivity contribution in [1.82, 2.24) is 14.7 Å². The number of nitro benzene ring substituents is 1. The maximum absolute atomic E-state index is 12.6. The average molecular weight is 477 g/mol. The molecule has 35 heavy (non-hydrogen) atoms. The summed E-state index contributed by atoms with van der Waals surface area (Å²) in [6.07, 6.45) is 2.06. The topological polar surface area (TPSA) is 141 Å². The van der Waals surface area contributed by atoms with Crippen molar-refractivity contribution in [3.63, 3.8) is 0 Å². The molecule has 0 N–H and O–H groups in total. The largest absolute Gasteiger partial charge is 0.483 e. The Bertz CT molecular complexity index is 1280. The van der Waals surface area contributed by atoms with Gasteiger partial charge >= 0.3 is 0 Å². The summed E-state index contributed by atoms with van der Waals surface area (Å²) in [7, 11) is 1.78. The fourth-order valence-electron chi connectivity index (χ4n) is 3.12. The Labute approximate surface area is 201 Å². The average Bonchev–Trinajstić information content (AvgIpc) is 3.23. The van der Waals surface area contributed by atoms with E-state index in [1.165, 1.54) is 31.2 Å². The van der Waals surface area contributed by atoms with E-state index in [1.54, 1.807) is 55.3 Å². The van der Waals surface area contributed by atoms with Crippen molar-refractivity contribution in [2.45, 2.75) is 32.9 Å². The number of non-ortho nitro benzene ring substituents is 1. The first-order valence-corrected chi connectivity index (χ1v) is 10.6. The smallest absolute Gasteiger partial charge is 0.269 e. The maximum Gasteiger partial charge on any atom is 0.269 e. The molecule has 0 aliphatic rings. The standard InChI is InChI=1S/C24H23N5O6/c1-16-12-20(35-23-10-11-27(3)26-23)8-9-22(16)34-17(2)21(30)13-24(31)28(15-25)14-18-4-6-19(7-5-18)29(32)33/h4-12,17H,13-14H2,1-3H3. The zero-order valence-electron chi connectivity index (χ0n) is 19.4. The third-order valence-electron chi connectivity index (χ3n) is 5.05. The van der Waals surface area contributed by atoms with E-state index in [2.05, 4.69) is 5.10 Å². The van der Waals surface area contributed by atoms with Crippen LogP contribution in [-0.2, 0) is 23.2 Å². The third-order valence-corrected chi connectivity index (χ3v) is 5.05. The van der Waals surface area contributed by atoms with E-state index in [1.807, 2.05) is 0 Å². The normalized spacial score (nSPS) is 11.3. The number of nitro groups is 1. The van der Waals surface area contributed by atoms with Gasteiger partial charge in [0.2, 0.25) is 11.8 Å². The second kappa shape index (κ2) is 10.9. The van der Waals surface area contributed by atoms with Crippen LogP contribution in [0.3, 0.4) is 0 Å². The molecule has 0 fully saturated rings. The van der Waals surface area contributed by atoms with Crippen LogP contribution in [-0.4, -0.2) is 37.4 Å². The Kier molecular flexibility index (Phi) is 7.78. The van der Waals surface area contributed by atoms with E-state index in [4.69, 9.17) is 9.47 Å². The van der Waals surface area contributed by atoms with Gasteiger partial charge in [-0.05, 0) is 43.2 Å². The first kappa shape index (κ1) is 24.9. The van der Waals surface area contributed by atoms with E-state index in [0.717, 1.165) is 10.5 Å². The van der Waals surface area contributed by atoms with Crippen LogP contribution in [0, 0.1) is 28.5 Å². The van der Waals surface area contributed by atoms with E-state index in [0.29, 0.717) is 22.9 Å². The molecule has 3 rings (SSSR count). The number of Topliss-reactive ketones (excluding diaryl/α,β-unsaturated/α-hetero) is 1. The zero-order valence-corrected chi connectivity index (χ0v) is 19.4. The highest BCUT2D eigenvalue weighted by Gasteiger charge is 2.23. The number of amides is 1. The van der Waals surface area contributed by atoms with Gasteiger partial charge in [-0.15, -0.1) is 5.10 Å². The van der Waals surface area contributed by atoms with Crippen molar-refractivity contribution in [3.05, 3.63) is 76.0 Å². The highest BCUT2D eigenvalue weighted by Crippen LogP contribution is 2.27. The fraction of sp³-hybridized carbons (Fsp3) is 0.250. The highest BCUT2D eigenvalue weighted by molar-refractivity contribution is 6.00. The summed E-state index contributed by atoms with van der Waals surface area (Å²) in [5.41, 5.74) is 1.14. The van der Waals surface area contributed by atoms with Crippen LogP contribution in [0.1, 0.15) is 24.5 Å². The second-order valence-corrected chi connectivity index (χ2v) is 7.76. The Morgan fingerprint density at radius 3 is 2.51 bits per heavy atom. The van der Waals surface area contributed by atoms with E-state index in [9.17, 15) is 25.0 Å². The minimum atomic E-state index is -0.930. The molecule has 3 aromatic rings. The molecule has 0 saturated carbocycles. The van der Waals surface area contributed by atoms with Crippen molar-refractivity contribution in [2.24, 2.45) is 7.05 Å². The zero-order chi connectivity index (χ0) is 25.5. The summed E-state index contributed by atoms with van der Waals surface area (Å²) in [5, 5.41) is 24.2. The molecule has 180 valence electrons. The molecule has 0 bridgehead atoms. The molecule has 0 aliphatic heterocycles. The van der Waals surface area contributed by atoms with Gasteiger partial charge in [-0.2, -0.15) is 5.26 Å². The van der Waals surface area contributed by atoms with Crippen LogP contribution in [0.5, 0.6) is 17.4 Å². The summed E-state index contributed by atoms with van der Waals surface area (Å²) in [5.74, 6) is 0.265. The number of nitriles is 1. The second-order valence-electron chi connectivity index (χ2n) is 7.76. The number of ether oxygens (including phenoxy) is 2. The van der Waals surface area contributed by atoms with Gasteiger partial charge in [-0.3, -0.25) is 24.4 Å². The first-order chi connectivity index (χ1) is 16.7. The highest BCUT2D eigenvalue weighted by atomic mass is 16.6. The SMILES string of the molecule is Cc1cc(Oc2ccn(C)n2)ccc1OC(C)C(=O)CC(=O)N(C#N)Cc1ccc([N+](=O)[O-])cc1. The molecular formula is C24H23N5O6. The minimum Gasteiger partial charge on any atom is -0.483 e. The molecule has 11 heteroatoms. The maximum atomic E-state index is 12.6. The van der Waals surface area contributed by atoms with Gasteiger partial charge in [0.05, 0.1) is 17.9 Å². The van der Waals surface area contributed by atoms with E-state index < -0.39 is 29.1 Å². The predicted octanol–water partition coefficient (Wildman–Crippen LogP) is 3.67. The van der Waals surface area contributed by atoms with Crippen molar-refractivity contribution in [2.75, 3.05) is 0 Å². The van der Waals surface area contributed by atoms with Crippen LogP contribution in [0.15, 0.2) is 54.7 Å². The number of nitrogens with zero attached hydrogens (tertiary/aromatic N) is 5. The monoisotopic (exact) mass is 477 g/mol. The molecular weight excluding hydrogens is 454 g/mol. The molecule has 0 spiro atoms. The lowest BCUT2D eigenvalue weighted by molar-refractivity contribution is -0.384. The molecule has 1 atom stereocenters. The van der Waals surface area contributed by atoms with Crippen LogP contribution in [0.4, 0.5) is 5.69 Å². The molecule has 1 heterocycles. The third kappa shape index (κ3) is 6.64. The number of ketones is 1. The number of aryl methyl sites for hydroxylation is 2. The Morgan fingerprint density at radius 2 is 1.94 bits per heavy atom. The number of aromatic nitrogens is 2. The molecule has 0 saturated heterocycles. The molecule has 1 amide bonds. The van der Waals surface area contributed by atoms with Crippen molar-refractivity contribution in [3.8, 4) is 23.6 Å². The number of carbonyl (C=O) groups is 2. The van der Waals surface area contributed by atoms with Crippen LogP contribution >= 0.6 is 0 Å². The van der Waals surface area contributed by atoms with Gasteiger partial charge < -0.3 is 9.47 Å². The van der Waals surface area contributed by atoms with E-state index >= 15 is 0 Å². The Morgan fingerprint density at radius 1 is 1.23 bits per heavy atom. The minimum absolute atomic E-state index is 0.101. The number of hydrogen-bond acceptors (Lipinski definition) is 8. The van der Waals surface area contributed by atoms with Crippen LogP contribution in [0.25, 0.3) is 0 Å². The summed E-state index contributed by atoms with van der Waals surface area (Å²) in [4.78, 5) is 36.1. The number of rotatable bonds is 10. The van der Waals surface area contributed by atoms with Crippen molar-refractivity contribution < 1.29 is 24.0 Å². The summed E-state index contributed by atoms with van der Waals surface area (Å²) in [6.45, 7) is 3.22. The Balaban J connectivity index is 1.57. The predicted molar refractivity (Wildman–Crippen MR) is 123 cm³/mol. The van der Waals surface area contributed by atoms with Gasteiger partial charge in [-0.25, -0.2) is 4.90 Å². The number of hydrogen-bond donors (Lipinski definition) is 0. The van der Waals surface area contributed by atoms with Gasteiger partial charge in [0.25, 0.3) is 5.69 Å². The lowest BCUT2D eigenvalue weighted by atomic mass is 10.1. The molecule has 2 aromatic carbocycles. The number of carbonyl (C=O) groups excluding carboxylic acids is 2. The molecule has 0 radical (unpaired) electrons. The molecule has 1 unspecified atom stereocenters. The fourth-order valence-corrected chi connectivity index (χ4v) is 3.12. The number of benzene rings is 2. The van der Waals surface area contributed by atoms with Gasteiger partial charge in [0.15, 0.2) is 18.1 Å². The van der Waals surface area contributed by atoms with Crippen LogP contribution < -0.4 is 9.47 Å². The van der Waals surface area contributed by atoms with Gasteiger partial charge in [-0.1, -0.05) is 12.1 Å². The summed E-state index contributed by atoms with van der Waals surface area (Å²) >= 11 is 0. The van der Waals surface area contributed by atoms with Crippen molar-refractivity contribution in [1.29, 1.82) is 5.26 Å². The van der Waals surface area contributed by atoms with Crippen molar-refractivity contribution >= 4 is 17.4 Å². The quantitative estimate of drug-likeness (QED) is 0.142.